The van der Waals surface area contributed by atoms with E-state index in [9.17, 15) is 4.79 Å². The van der Waals surface area contributed by atoms with Gasteiger partial charge in [-0.15, -0.1) is 0 Å². The van der Waals surface area contributed by atoms with E-state index in [2.05, 4.69) is 17.1 Å². The predicted octanol–water partition coefficient (Wildman–Crippen LogP) is 2.00. The van der Waals surface area contributed by atoms with Crippen LogP contribution in [0.1, 0.15) is 0 Å². The van der Waals surface area contributed by atoms with Gasteiger partial charge in [-0.25, -0.2) is 0 Å². The molecule has 0 bridgehead atoms. The molecule has 3 rings (SSSR count). The standard InChI is InChI=1S/C11H6O2Se/c12-9-4-3-7-1-2-8-5-6-14-11(8)10(7)13-9/h1-6H. The van der Waals surface area contributed by atoms with Gasteiger partial charge < -0.3 is 0 Å². The van der Waals surface area contributed by atoms with Gasteiger partial charge in [-0.3, -0.25) is 0 Å². The molecule has 0 saturated carbocycles. The molecular formula is C11H6O2Se. The quantitative estimate of drug-likeness (QED) is 0.450. The Balaban J connectivity index is 2.66. The summed E-state index contributed by atoms with van der Waals surface area (Å²) in [6, 6.07) is 9.42. The van der Waals surface area contributed by atoms with E-state index >= 15 is 0 Å². The van der Waals surface area contributed by atoms with E-state index in [0.29, 0.717) is 14.5 Å². The Bertz CT molecular complexity index is 663. The van der Waals surface area contributed by atoms with Crippen LogP contribution in [0, 0.1) is 0 Å². The summed E-state index contributed by atoms with van der Waals surface area (Å²) in [7, 11) is 0. The summed E-state index contributed by atoms with van der Waals surface area (Å²) in [5.41, 5.74) is 0.494. The second-order valence-electron chi connectivity index (χ2n) is 3.08. The van der Waals surface area contributed by atoms with Crippen molar-refractivity contribution in [3.8, 4) is 0 Å². The van der Waals surface area contributed by atoms with Crippen LogP contribution in [0.2, 0.25) is 0 Å². The van der Waals surface area contributed by atoms with Crippen molar-refractivity contribution in [1.29, 1.82) is 0 Å². The first-order valence-corrected chi connectivity index (χ1v) is 6.09. The fraction of sp³-hybridized carbons (Fsp3) is 0. The van der Waals surface area contributed by atoms with Crippen LogP contribution in [-0.4, -0.2) is 14.5 Å². The Labute approximate surface area is 85.5 Å². The maximum absolute atomic E-state index is 11.1. The molecule has 2 aromatic heterocycles. The summed E-state index contributed by atoms with van der Waals surface area (Å²) in [5.74, 6) is 0. The van der Waals surface area contributed by atoms with E-state index in [0.717, 1.165) is 11.0 Å². The molecule has 1 aromatic carbocycles. The van der Waals surface area contributed by atoms with Crippen molar-refractivity contribution in [1.82, 2.24) is 0 Å². The van der Waals surface area contributed by atoms with E-state index in [1.165, 1.54) is 15.7 Å². The molecule has 0 fully saturated rings. The van der Waals surface area contributed by atoms with Gasteiger partial charge >= 0.3 is 85.2 Å². The summed E-state index contributed by atoms with van der Waals surface area (Å²) < 4.78 is 6.41. The van der Waals surface area contributed by atoms with Gasteiger partial charge in [-0.1, -0.05) is 0 Å². The fourth-order valence-corrected chi connectivity index (χ4v) is 3.42. The molecule has 0 amide bonds. The molecule has 0 atom stereocenters. The Hall–Kier alpha value is -1.31. The molecule has 0 aliphatic rings. The average molecular weight is 249 g/mol. The van der Waals surface area contributed by atoms with Gasteiger partial charge in [0.1, 0.15) is 0 Å². The van der Waals surface area contributed by atoms with Crippen LogP contribution in [0.4, 0.5) is 0 Å². The van der Waals surface area contributed by atoms with Crippen molar-refractivity contribution in [2.45, 2.75) is 0 Å². The zero-order chi connectivity index (χ0) is 9.54. The monoisotopic (exact) mass is 250 g/mol. The number of fused-ring (bicyclic) bond motifs is 3. The van der Waals surface area contributed by atoms with Gasteiger partial charge in [0.2, 0.25) is 0 Å². The van der Waals surface area contributed by atoms with Crippen LogP contribution in [-0.2, 0) is 0 Å². The Morgan fingerprint density at radius 3 is 2.71 bits per heavy atom. The van der Waals surface area contributed by atoms with Crippen molar-refractivity contribution in [3.05, 3.63) is 45.7 Å². The first-order chi connectivity index (χ1) is 6.84. The number of hydrogen-bond donors (Lipinski definition) is 0. The van der Waals surface area contributed by atoms with Crippen LogP contribution in [0.25, 0.3) is 20.6 Å². The maximum atomic E-state index is 11.1. The first-order valence-electron chi connectivity index (χ1n) is 4.25. The van der Waals surface area contributed by atoms with Gasteiger partial charge in [0.25, 0.3) is 0 Å². The molecule has 68 valence electrons. The topological polar surface area (TPSA) is 30.2 Å². The fourth-order valence-electron chi connectivity index (χ4n) is 1.55. The van der Waals surface area contributed by atoms with E-state index in [1.807, 2.05) is 12.1 Å². The molecule has 3 aromatic rings. The van der Waals surface area contributed by atoms with Gasteiger partial charge in [-0.2, -0.15) is 0 Å². The molecule has 0 saturated heterocycles. The molecule has 0 N–H and O–H groups in total. The molecule has 14 heavy (non-hydrogen) atoms. The Kier molecular flexibility index (Phi) is 1.63. The van der Waals surface area contributed by atoms with E-state index in [-0.39, 0.29) is 5.63 Å². The SMILES string of the molecule is O=c1ccc2ccc3cc[se]c3c2o1. The molecule has 0 aliphatic carbocycles. The summed E-state index contributed by atoms with van der Waals surface area (Å²) in [4.78, 5) is 13.2. The van der Waals surface area contributed by atoms with Gasteiger partial charge in [-0.05, 0) is 0 Å². The first kappa shape index (κ1) is 8.04. The van der Waals surface area contributed by atoms with Crippen molar-refractivity contribution in [2.75, 3.05) is 0 Å². The number of benzene rings is 1. The number of hydrogen-bond acceptors (Lipinski definition) is 2. The van der Waals surface area contributed by atoms with E-state index < -0.39 is 0 Å². The van der Waals surface area contributed by atoms with E-state index in [4.69, 9.17) is 4.42 Å². The minimum atomic E-state index is -0.270. The number of rotatable bonds is 0. The molecule has 0 unspecified atom stereocenters. The van der Waals surface area contributed by atoms with Gasteiger partial charge in [0, 0.05) is 0 Å². The van der Waals surface area contributed by atoms with Crippen molar-refractivity contribution < 1.29 is 4.42 Å². The van der Waals surface area contributed by atoms with Crippen LogP contribution in [0.5, 0.6) is 0 Å². The van der Waals surface area contributed by atoms with Crippen molar-refractivity contribution >= 4 is 35.1 Å². The van der Waals surface area contributed by atoms with Crippen molar-refractivity contribution in [3.63, 3.8) is 0 Å². The third kappa shape index (κ3) is 1.07. The molecule has 0 aliphatic heterocycles. The average Bonchev–Trinajstić information content (AvgIpc) is 2.65. The summed E-state index contributed by atoms with van der Waals surface area (Å²) >= 11 is 0.312. The van der Waals surface area contributed by atoms with Crippen LogP contribution in [0.15, 0.2) is 44.5 Å². The minimum absolute atomic E-state index is 0.270. The second kappa shape index (κ2) is 2.84. The van der Waals surface area contributed by atoms with Gasteiger partial charge in [0.05, 0.1) is 0 Å². The second-order valence-corrected chi connectivity index (χ2v) is 5.00. The van der Waals surface area contributed by atoms with Crippen LogP contribution < -0.4 is 5.63 Å². The van der Waals surface area contributed by atoms with Crippen molar-refractivity contribution in [2.24, 2.45) is 0 Å². The van der Waals surface area contributed by atoms with Gasteiger partial charge in [0.15, 0.2) is 0 Å². The molecule has 2 heterocycles. The Morgan fingerprint density at radius 2 is 1.79 bits per heavy atom. The normalized spacial score (nSPS) is 11.1. The summed E-state index contributed by atoms with van der Waals surface area (Å²) in [5, 5.41) is 2.20. The van der Waals surface area contributed by atoms with Crippen LogP contribution >= 0.6 is 0 Å². The molecule has 0 radical (unpaired) electrons. The molecule has 0 spiro atoms. The summed E-state index contributed by atoms with van der Waals surface area (Å²) in [6.45, 7) is 0. The zero-order valence-electron chi connectivity index (χ0n) is 7.19. The molecule has 2 nitrogen and oxygen atoms in total. The Morgan fingerprint density at radius 1 is 1.00 bits per heavy atom. The molecular weight excluding hydrogens is 243 g/mol. The molecule has 3 heteroatoms. The van der Waals surface area contributed by atoms with E-state index in [1.54, 1.807) is 0 Å². The predicted molar refractivity (Wildman–Crippen MR) is 56.9 cm³/mol. The third-order valence-corrected chi connectivity index (χ3v) is 4.16. The summed E-state index contributed by atoms with van der Waals surface area (Å²) in [6.07, 6.45) is 0. The third-order valence-electron chi connectivity index (χ3n) is 2.21. The van der Waals surface area contributed by atoms with Crippen LogP contribution in [0.3, 0.4) is 0 Å². The zero-order valence-corrected chi connectivity index (χ0v) is 8.90.